The van der Waals surface area contributed by atoms with Crippen LogP contribution < -0.4 is 0 Å². The van der Waals surface area contributed by atoms with E-state index in [0.717, 1.165) is 38.1 Å². The summed E-state index contributed by atoms with van der Waals surface area (Å²) >= 11 is 0. The Bertz CT molecular complexity index is 479. The van der Waals surface area contributed by atoms with Crippen LogP contribution in [0.2, 0.25) is 0 Å². The third-order valence-electron chi connectivity index (χ3n) is 3.93. The Labute approximate surface area is 112 Å². The van der Waals surface area contributed by atoms with Gasteiger partial charge in [-0.05, 0) is 57.5 Å². The Balaban J connectivity index is 2.09. The van der Waals surface area contributed by atoms with Crippen molar-refractivity contribution in [1.29, 1.82) is 0 Å². The molecule has 1 aromatic carbocycles. The lowest BCUT2D eigenvalue weighted by Gasteiger charge is -2.34. The molecule has 1 aliphatic rings. The van der Waals surface area contributed by atoms with Gasteiger partial charge in [0.1, 0.15) is 0 Å². The Hall–Kier alpha value is -1.29. The highest BCUT2D eigenvalue weighted by molar-refractivity contribution is 5.89. The highest BCUT2D eigenvalue weighted by Crippen LogP contribution is 2.23. The van der Waals surface area contributed by atoms with Crippen LogP contribution in [-0.2, 0) is 11.2 Å². The first-order chi connectivity index (χ1) is 8.91. The summed E-state index contributed by atoms with van der Waals surface area (Å²) in [5.41, 5.74) is -0.0161. The van der Waals surface area contributed by atoms with Crippen LogP contribution in [0.1, 0.15) is 32.3 Å². The van der Waals surface area contributed by atoms with Crippen LogP contribution in [0.3, 0.4) is 0 Å². The number of halogens is 2. The lowest BCUT2D eigenvalue weighted by atomic mass is 9.92. The molecule has 0 saturated carbocycles. The van der Waals surface area contributed by atoms with Gasteiger partial charge in [-0.1, -0.05) is 6.07 Å². The molecule has 1 aliphatic heterocycles. The van der Waals surface area contributed by atoms with Crippen molar-refractivity contribution in [2.24, 2.45) is 0 Å². The number of Topliss-reactive ketones (excluding diaryl/α,β-unsaturated/α-hetero) is 1. The molecule has 2 rings (SSSR count). The monoisotopic (exact) mass is 267 g/mol. The maximum atomic E-state index is 13.1. The Morgan fingerprint density at radius 3 is 2.42 bits per heavy atom. The van der Waals surface area contributed by atoms with E-state index in [1.807, 2.05) is 13.8 Å². The number of nitrogens with zero attached hydrogens (tertiary/aromatic N) is 1. The minimum Gasteiger partial charge on any atom is -0.297 e. The van der Waals surface area contributed by atoms with Crippen LogP contribution in [0.5, 0.6) is 0 Å². The fourth-order valence-corrected chi connectivity index (χ4v) is 2.50. The quantitative estimate of drug-likeness (QED) is 0.836. The van der Waals surface area contributed by atoms with Gasteiger partial charge in [0.2, 0.25) is 0 Å². The van der Waals surface area contributed by atoms with Gasteiger partial charge in [-0.15, -0.1) is 0 Å². The molecule has 0 aliphatic carbocycles. The number of hydrogen-bond acceptors (Lipinski definition) is 2. The molecule has 4 heteroatoms. The number of rotatable bonds is 4. The Kier molecular flexibility index (Phi) is 3.99. The summed E-state index contributed by atoms with van der Waals surface area (Å²) in [5, 5.41) is 0. The van der Waals surface area contributed by atoms with Crippen LogP contribution in [-0.4, -0.2) is 29.3 Å². The summed E-state index contributed by atoms with van der Waals surface area (Å²) in [6, 6.07) is 3.64. The molecule has 0 unspecified atom stereocenters. The number of benzene rings is 1. The zero-order valence-electron chi connectivity index (χ0n) is 11.4. The first-order valence-corrected chi connectivity index (χ1v) is 6.63. The number of carbonyl (C=O) groups excluding carboxylic acids is 1. The van der Waals surface area contributed by atoms with Gasteiger partial charge in [-0.3, -0.25) is 9.69 Å². The third kappa shape index (κ3) is 3.00. The average molecular weight is 267 g/mol. The zero-order valence-corrected chi connectivity index (χ0v) is 11.4. The average Bonchev–Trinajstić information content (AvgIpc) is 2.88. The lowest BCUT2D eigenvalue weighted by molar-refractivity contribution is -0.128. The predicted molar refractivity (Wildman–Crippen MR) is 70.0 cm³/mol. The fraction of sp³-hybridized carbons (Fsp3) is 0.533. The van der Waals surface area contributed by atoms with Gasteiger partial charge in [0.15, 0.2) is 17.4 Å². The van der Waals surface area contributed by atoms with Gasteiger partial charge in [0.05, 0.1) is 5.54 Å². The van der Waals surface area contributed by atoms with Crippen LogP contribution in [0.15, 0.2) is 18.2 Å². The van der Waals surface area contributed by atoms with Crippen molar-refractivity contribution < 1.29 is 13.6 Å². The van der Waals surface area contributed by atoms with Gasteiger partial charge in [-0.25, -0.2) is 8.78 Å². The van der Waals surface area contributed by atoms with Crippen molar-refractivity contribution in [1.82, 2.24) is 4.90 Å². The van der Waals surface area contributed by atoms with Crippen LogP contribution >= 0.6 is 0 Å². The van der Waals surface area contributed by atoms with E-state index in [0.29, 0.717) is 5.56 Å². The molecular formula is C15H19F2NO. The highest BCUT2D eigenvalue weighted by Gasteiger charge is 2.35. The molecule has 0 radical (unpaired) electrons. The number of hydrogen-bond donors (Lipinski definition) is 0. The number of ketones is 1. The standard InChI is InChI=1S/C15H19F2NO/c1-15(2,18-7-3-4-8-18)14(19)10-11-5-6-12(16)13(17)9-11/h5-6,9H,3-4,7-8,10H2,1-2H3. The second-order valence-electron chi connectivity index (χ2n) is 5.60. The number of carbonyl (C=O) groups is 1. The molecule has 2 nitrogen and oxygen atoms in total. The van der Waals surface area contributed by atoms with E-state index in [1.165, 1.54) is 6.07 Å². The molecule has 1 heterocycles. The van der Waals surface area contributed by atoms with E-state index in [4.69, 9.17) is 0 Å². The van der Waals surface area contributed by atoms with E-state index in [1.54, 1.807) is 0 Å². The SMILES string of the molecule is CC(C)(C(=O)Cc1ccc(F)c(F)c1)N1CCCC1. The summed E-state index contributed by atoms with van der Waals surface area (Å²) in [7, 11) is 0. The van der Waals surface area contributed by atoms with E-state index >= 15 is 0 Å². The van der Waals surface area contributed by atoms with Crippen molar-refractivity contribution in [2.45, 2.75) is 38.6 Å². The van der Waals surface area contributed by atoms with E-state index in [2.05, 4.69) is 4.90 Å². The minimum absolute atomic E-state index is 0.0420. The summed E-state index contributed by atoms with van der Waals surface area (Å²) in [6.45, 7) is 5.66. The Morgan fingerprint density at radius 2 is 1.84 bits per heavy atom. The summed E-state index contributed by atoms with van der Waals surface area (Å²) < 4.78 is 26.0. The van der Waals surface area contributed by atoms with Gasteiger partial charge in [0.25, 0.3) is 0 Å². The van der Waals surface area contributed by atoms with Crippen LogP contribution in [0.4, 0.5) is 8.78 Å². The largest absolute Gasteiger partial charge is 0.297 e. The molecule has 1 fully saturated rings. The third-order valence-corrected chi connectivity index (χ3v) is 3.93. The maximum absolute atomic E-state index is 13.1. The molecule has 1 aromatic rings. The van der Waals surface area contributed by atoms with E-state index in [-0.39, 0.29) is 12.2 Å². The lowest BCUT2D eigenvalue weighted by Crippen LogP contribution is -2.49. The molecule has 0 amide bonds. The molecule has 0 atom stereocenters. The predicted octanol–water partition coefficient (Wildman–Crippen LogP) is 2.95. The van der Waals surface area contributed by atoms with Crippen molar-refractivity contribution in [3.63, 3.8) is 0 Å². The molecule has 19 heavy (non-hydrogen) atoms. The van der Waals surface area contributed by atoms with E-state index in [9.17, 15) is 13.6 Å². The number of likely N-dealkylation sites (tertiary alicyclic amines) is 1. The zero-order chi connectivity index (χ0) is 14.0. The Morgan fingerprint density at radius 1 is 1.21 bits per heavy atom. The van der Waals surface area contributed by atoms with Crippen molar-refractivity contribution in [3.8, 4) is 0 Å². The van der Waals surface area contributed by atoms with Crippen molar-refractivity contribution in [3.05, 3.63) is 35.4 Å². The molecular weight excluding hydrogens is 248 g/mol. The second kappa shape index (κ2) is 5.37. The molecule has 1 saturated heterocycles. The molecule has 0 aromatic heterocycles. The fourth-order valence-electron chi connectivity index (χ4n) is 2.50. The van der Waals surface area contributed by atoms with Crippen molar-refractivity contribution >= 4 is 5.78 Å². The first kappa shape index (κ1) is 14.1. The second-order valence-corrected chi connectivity index (χ2v) is 5.60. The summed E-state index contributed by atoms with van der Waals surface area (Å²) in [5.74, 6) is -1.74. The summed E-state index contributed by atoms with van der Waals surface area (Å²) in [4.78, 5) is 14.5. The first-order valence-electron chi connectivity index (χ1n) is 6.63. The smallest absolute Gasteiger partial charge is 0.159 e. The van der Waals surface area contributed by atoms with Crippen molar-refractivity contribution in [2.75, 3.05) is 13.1 Å². The molecule has 0 bridgehead atoms. The van der Waals surface area contributed by atoms with Crippen LogP contribution in [0, 0.1) is 11.6 Å². The minimum atomic E-state index is -0.899. The van der Waals surface area contributed by atoms with Gasteiger partial charge < -0.3 is 0 Å². The molecule has 104 valence electrons. The normalized spacial score (nSPS) is 16.8. The summed E-state index contributed by atoms with van der Waals surface area (Å²) in [6.07, 6.45) is 2.37. The highest BCUT2D eigenvalue weighted by atomic mass is 19.2. The van der Waals surface area contributed by atoms with Gasteiger partial charge in [0, 0.05) is 6.42 Å². The maximum Gasteiger partial charge on any atom is 0.159 e. The van der Waals surface area contributed by atoms with Gasteiger partial charge >= 0.3 is 0 Å². The molecule has 0 N–H and O–H groups in total. The van der Waals surface area contributed by atoms with E-state index < -0.39 is 17.2 Å². The van der Waals surface area contributed by atoms with Gasteiger partial charge in [-0.2, -0.15) is 0 Å². The topological polar surface area (TPSA) is 20.3 Å². The molecule has 0 spiro atoms. The van der Waals surface area contributed by atoms with Crippen LogP contribution in [0.25, 0.3) is 0 Å².